The highest BCUT2D eigenvalue weighted by Gasteiger charge is 2.25. The molecule has 0 aliphatic carbocycles. The van der Waals surface area contributed by atoms with Gasteiger partial charge in [-0.25, -0.2) is 0 Å². The highest BCUT2D eigenvalue weighted by atomic mass is 31.2. The van der Waals surface area contributed by atoms with Gasteiger partial charge in [-0.1, -0.05) is 104 Å². The summed E-state index contributed by atoms with van der Waals surface area (Å²) in [4.78, 5) is 23.2. The molecule has 0 aromatic heterocycles. The molecular weight excluding hydrogens is 489 g/mol. The summed E-state index contributed by atoms with van der Waals surface area (Å²) in [6.07, 6.45) is 19.5. The highest BCUT2D eigenvalue weighted by Crippen LogP contribution is 2.41. The van der Waals surface area contributed by atoms with Gasteiger partial charge in [0.15, 0.2) is 0 Å². The molecule has 0 amide bonds. The number of rotatable bonds is 28. The topological polar surface area (TPSA) is 86.5 Å². The summed E-state index contributed by atoms with van der Waals surface area (Å²) < 4.78 is 28.8. The Morgan fingerprint density at radius 1 is 0.757 bits per heavy atom. The molecule has 0 rings (SSSR count). The molecule has 37 heavy (non-hydrogen) atoms. The van der Waals surface area contributed by atoms with Crippen molar-refractivity contribution >= 4 is 13.6 Å². The number of carbonyl (C=O) groups is 1. The van der Waals surface area contributed by atoms with Crippen LogP contribution in [0.1, 0.15) is 130 Å². The molecule has 0 saturated heterocycles. The lowest BCUT2D eigenvalue weighted by molar-refractivity contribution is -0.893. The van der Waals surface area contributed by atoms with Crippen LogP contribution < -0.4 is 4.90 Å². The van der Waals surface area contributed by atoms with Crippen molar-refractivity contribution < 1.29 is 33.2 Å². The van der Waals surface area contributed by atoms with Gasteiger partial charge < -0.3 is 23.8 Å². The summed E-state index contributed by atoms with van der Waals surface area (Å²) >= 11 is 0. The molecule has 0 spiro atoms. The maximum Gasteiger partial charge on any atom is 0.333 e. The van der Waals surface area contributed by atoms with Crippen LogP contribution in [0.3, 0.4) is 0 Å². The lowest BCUT2D eigenvalue weighted by Crippen LogP contribution is -3.11. The van der Waals surface area contributed by atoms with Gasteiger partial charge in [0, 0.05) is 13.0 Å². The second-order valence-corrected chi connectivity index (χ2v) is 12.3. The minimum Gasteiger partial charge on any atom is -0.457 e. The maximum atomic E-state index is 12.4. The fourth-order valence-electron chi connectivity index (χ4n) is 4.34. The zero-order valence-corrected chi connectivity index (χ0v) is 25.7. The minimum absolute atomic E-state index is 0.0957. The van der Waals surface area contributed by atoms with Crippen LogP contribution >= 0.6 is 7.60 Å². The summed E-state index contributed by atoms with van der Waals surface area (Å²) in [7, 11) is -3.72. The first-order valence-corrected chi connectivity index (χ1v) is 17.2. The van der Waals surface area contributed by atoms with Gasteiger partial charge in [0.25, 0.3) is 0 Å². The van der Waals surface area contributed by atoms with Gasteiger partial charge in [-0.3, -0.25) is 9.36 Å². The van der Waals surface area contributed by atoms with Gasteiger partial charge in [-0.2, -0.15) is 0 Å². The molecule has 2 atom stereocenters. The van der Waals surface area contributed by atoms with Crippen LogP contribution in [0.5, 0.6) is 0 Å². The van der Waals surface area contributed by atoms with Crippen LogP contribution in [0.4, 0.5) is 0 Å². The van der Waals surface area contributed by atoms with E-state index in [4.69, 9.17) is 14.0 Å². The molecular formula is C29H61NO6P+. The van der Waals surface area contributed by atoms with Crippen LogP contribution in [-0.2, 0) is 23.4 Å². The molecule has 222 valence electrons. The highest BCUT2D eigenvalue weighted by molar-refractivity contribution is 7.52. The third kappa shape index (κ3) is 24.3. The summed E-state index contributed by atoms with van der Waals surface area (Å²) in [5.74, 6) is -0.357. The first kappa shape index (κ1) is 36.5. The van der Waals surface area contributed by atoms with E-state index in [1.807, 2.05) is 0 Å². The van der Waals surface area contributed by atoms with Gasteiger partial charge in [0.1, 0.15) is 6.10 Å². The Balaban J connectivity index is 3.86. The third-order valence-corrected chi connectivity index (χ3v) is 8.33. The molecule has 2 N–H and O–H groups in total. The Hall–Kier alpha value is -0.460. The zero-order valence-electron chi connectivity index (χ0n) is 24.8. The molecule has 0 aromatic rings. The molecule has 8 heteroatoms. The number of hydrogen-bond acceptors (Lipinski definition) is 5. The molecule has 0 bridgehead atoms. The van der Waals surface area contributed by atoms with Crippen molar-refractivity contribution in [3.8, 4) is 0 Å². The Morgan fingerprint density at radius 3 is 1.70 bits per heavy atom. The molecule has 0 fully saturated rings. The van der Waals surface area contributed by atoms with E-state index in [-0.39, 0.29) is 31.8 Å². The maximum absolute atomic E-state index is 12.4. The van der Waals surface area contributed by atoms with Gasteiger partial charge in [0.2, 0.25) is 0 Å². The Kier molecular flexibility index (Phi) is 25.5. The van der Waals surface area contributed by atoms with Crippen LogP contribution in [-0.4, -0.2) is 62.6 Å². The summed E-state index contributed by atoms with van der Waals surface area (Å²) in [5, 5.41) is 0. The standard InChI is InChI=1S/C29H60NO6P/c1-5-9-10-11-12-13-14-15-16-17-18-19-20-21-22-24-34-26-28(36-29(31)6-2)27-35-37(32,33)25-23-30(7-3)8-4/h28H,5-27H2,1-4H3,(H,32,33)/p+1. The lowest BCUT2D eigenvalue weighted by atomic mass is 10.0. The Bertz CT molecular complexity index is 559. The van der Waals surface area contributed by atoms with E-state index >= 15 is 0 Å². The van der Waals surface area contributed by atoms with Gasteiger partial charge in [-0.15, -0.1) is 0 Å². The predicted molar refractivity (Wildman–Crippen MR) is 153 cm³/mol. The third-order valence-electron chi connectivity index (χ3n) is 6.99. The van der Waals surface area contributed by atoms with Crippen molar-refractivity contribution in [1.82, 2.24) is 0 Å². The van der Waals surface area contributed by atoms with E-state index in [1.165, 1.54) is 88.4 Å². The number of ether oxygens (including phenoxy) is 2. The molecule has 0 aliphatic rings. The summed E-state index contributed by atoms with van der Waals surface area (Å²) in [6.45, 7) is 11.2. The number of quaternary nitrogens is 1. The normalized spacial score (nSPS) is 14.1. The molecule has 2 unspecified atom stereocenters. The van der Waals surface area contributed by atoms with E-state index in [0.29, 0.717) is 13.2 Å². The second-order valence-electron chi connectivity index (χ2n) is 10.4. The second kappa shape index (κ2) is 25.8. The van der Waals surface area contributed by atoms with Gasteiger partial charge in [0.05, 0.1) is 39.0 Å². The molecule has 0 heterocycles. The Labute approximate surface area is 228 Å². The SMILES string of the molecule is CCCCCCCCCCCCCCCCCOCC(COP(=O)(O)CC[NH+](CC)CC)OC(=O)CC. The van der Waals surface area contributed by atoms with Crippen molar-refractivity contribution in [3.63, 3.8) is 0 Å². The molecule has 0 radical (unpaired) electrons. The van der Waals surface area contributed by atoms with E-state index in [9.17, 15) is 14.3 Å². The average Bonchev–Trinajstić information content (AvgIpc) is 2.89. The van der Waals surface area contributed by atoms with Crippen LogP contribution in [0.15, 0.2) is 0 Å². The van der Waals surface area contributed by atoms with E-state index < -0.39 is 13.7 Å². The fraction of sp³-hybridized carbons (Fsp3) is 0.966. The van der Waals surface area contributed by atoms with Gasteiger partial charge in [-0.05, 0) is 20.3 Å². The number of carbonyl (C=O) groups excluding carboxylic acids is 1. The number of unbranched alkanes of at least 4 members (excludes halogenated alkanes) is 14. The number of nitrogens with one attached hydrogen (secondary N) is 1. The van der Waals surface area contributed by atoms with Gasteiger partial charge >= 0.3 is 13.6 Å². The zero-order chi connectivity index (χ0) is 27.6. The lowest BCUT2D eigenvalue weighted by Gasteiger charge is -2.21. The van der Waals surface area contributed by atoms with Crippen molar-refractivity contribution in [1.29, 1.82) is 0 Å². The quantitative estimate of drug-likeness (QED) is 0.0673. The van der Waals surface area contributed by atoms with Crippen LogP contribution in [0, 0.1) is 0 Å². The van der Waals surface area contributed by atoms with E-state index in [2.05, 4.69) is 20.8 Å². The van der Waals surface area contributed by atoms with Crippen LogP contribution in [0.25, 0.3) is 0 Å². The first-order chi connectivity index (χ1) is 17.9. The first-order valence-electron chi connectivity index (χ1n) is 15.5. The monoisotopic (exact) mass is 550 g/mol. The van der Waals surface area contributed by atoms with Crippen LogP contribution in [0.2, 0.25) is 0 Å². The predicted octanol–water partition coefficient (Wildman–Crippen LogP) is 6.32. The molecule has 0 aromatic carbocycles. The van der Waals surface area contributed by atoms with Crippen molar-refractivity contribution in [3.05, 3.63) is 0 Å². The summed E-state index contributed by atoms with van der Waals surface area (Å²) in [6, 6.07) is 0. The van der Waals surface area contributed by atoms with E-state index in [0.717, 1.165) is 25.9 Å². The molecule has 0 saturated carbocycles. The molecule has 0 aliphatic heterocycles. The number of esters is 1. The fourth-order valence-corrected chi connectivity index (χ4v) is 5.47. The van der Waals surface area contributed by atoms with Crippen molar-refractivity contribution in [2.75, 3.05) is 45.6 Å². The summed E-state index contributed by atoms with van der Waals surface area (Å²) in [5.41, 5.74) is 0. The number of hydrogen-bond donors (Lipinski definition) is 2. The largest absolute Gasteiger partial charge is 0.457 e. The average molecular weight is 551 g/mol. The molecule has 7 nitrogen and oxygen atoms in total. The van der Waals surface area contributed by atoms with Crippen molar-refractivity contribution in [2.24, 2.45) is 0 Å². The Morgan fingerprint density at radius 2 is 1.24 bits per heavy atom. The van der Waals surface area contributed by atoms with Crippen molar-refractivity contribution in [2.45, 2.75) is 137 Å². The minimum atomic E-state index is -3.72. The smallest absolute Gasteiger partial charge is 0.333 e. The van der Waals surface area contributed by atoms with E-state index in [1.54, 1.807) is 6.92 Å².